The number of benzene rings is 6. The molecule has 0 aliphatic rings. The molecule has 0 amide bonds. The SMILES string of the molecule is COc1cccc(OC)c1P(c1cc(C(F)(F)F)cc([Si](C)(C)C)c1COCOCOCc1c(P(c2c(OC)cccc2OC)c2c(OC)cccc2OC)cc(C(F)(F)F)cc1[Si](C)(C)C)c1c(OC)cccc1OC. The number of alkyl halides is 6. The Bertz CT molecular complexity index is 2600. The molecule has 416 valence electrons. The zero-order chi connectivity index (χ0) is 56.6. The van der Waals surface area contributed by atoms with Gasteiger partial charge < -0.3 is 52.1 Å². The van der Waals surface area contributed by atoms with Crippen molar-refractivity contribution in [1.29, 1.82) is 0 Å². The van der Waals surface area contributed by atoms with Crippen molar-refractivity contribution in [2.45, 2.75) is 64.8 Å². The molecule has 0 heterocycles. The topological polar surface area (TPSA) is 102 Å². The number of ether oxygens (including phenoxy) is 11. The van der Waals surface area contributed by atoms with Crippen LogP contribution in [0.3, 0.4) is 0 Å². The molecule has 0 aliphatic carbocycles. The van der Waals surface area contributed by atoms with E-state index in [0.717, 1.165) is 12.1 Å². The molecule has 0 bridgehead atoms. The molecule has 0 saturated carbocycles. The van der Waals surface area contributed by atoms with Crippen molar-refractivity contribution in [2.24, 2.45) is 0 Å². The predicted octanol–water partition coefficient (Wildman–Crippen LogP) is 10.1. The lowest BCUT2D eigenvalue weighted by Gasteiger charge is -2.32. The van der Waals surface area contributed by atoms with Gasteiger partial charge in [-0.05, 0) is 82.4 Å². The molecule has 0 N–H and O–H groups in total. The van der Waals surface area contributed by atoms with Crippen LogP contribution in [0.2, 0.25) is 39.3 Å². The van der Waals surface area contributed by atoms with Crippen molar-refractivity contribution in [3.63, 3.8) is 0 Å². The average molecular weight is 1150 g/mol. The third kappa shape index (κ3) is 13.5. The monoisotopic (exact) mass is 1150 g/mol. The van der Waals surface area contributed by atoms with Crippen LogP contribution < -0.4 is 80.1 Å². The summed E-state index contributed by atoms with van der Waals surface area (Å²) in [6.45, 7) is 10.6. The van der Waals surface area contributed by atoms with Gasteiger partial charge in [-0.2, -0.15) is 26.3 Å². The van der Waals surface area contributed by atoms with Gasteiger partial charge in [0.1, 0.15) is 59.6 Å². The number of halogens is 6. The van der Waals surface area contributed by atoms with Gasteiger partial charge in [0.15, 0.2) is 0 Å². The molecule has 6 aromatic carbocycles. The van der Waals surface area contributed by atoms with E-state index >= 15 is 26.3 Å². The molecule has 0 aliphatic heterocycles. The molecule has 21 heteroatoms. The Labute approximate surface area is 451 Å². The van der Waals surface area contributed by atoms with Crippen LogP contribution in [0.4, 0.5) is 26.3 Å². The number of hydrogen-bond donors (Lipinski definition) is 0. The molecule has 77 heavy (non-hydrogen) atoms. The van der Waals surface area contributed by atoms with Gasteiger partial charge in [-0.15, -0.1) is 0 Å². The molecular formula is C56H66F6O11P2Si2. The van der Waals surface area contributed by atoms with E-state index in [2.05, 4.69) is 0 Å². The van der Waals surface area contributed by atoms with Gasteiger partial charge in [0, 0.05) is 15.8 Å². The van der Waals surface area contributed by atoms with Crippen LogP contribution in [0.25, 0.3) is 0 Å². The van der Waals surface area contributed by atoms with Gasteiger partial charge in [0.2, 0.25) is 0 Å². The highest BCUT2D eigenvalue weighted by Crippen LogP contribution is 2.49. The van der Waals surface area contributed by atoms with E-state index in [4.69, 9.17) is 52.1 Å². The summed E-state index contributed by atoms with van der Waals surface area (Å²) in [5.74, 6) is 2.95. The quantitative estimate of drug-likeness (QED) is 0.0190. The lowest BCUT2D eigenvalue weighted by Crippen LogP contribution is -2.45. The summed E-state index contributed by atoms with van der Waals surface area (Å²) in [4.78, 5) is 0. The standard InChI is InChI=1S/C56H66F6O11P2Si2/c1-63-39-19-15-20-40(64-2)51(39)74(52-41(65-3)21-16-22-42(52)66-4)47-27-35(55(57,58)59)29-49(76(9,10)11)37(47)31-71-33-73-34-72-32-38-48(28-36(56(60,61)62)30-50(38)77(12,13)14)75(53-43(67-5)23-17-24-44(53)68-6)54-45(69-7)25-18-26-46(54)70-8/h15-30H,31-34H2,1-14H3. The van der Waals surface area contributed by atoms with Crippen molar-refractivity contribution in [1.82, 2.24) is 0 Å². The molecule has 0 fully saturated rings. The highest BCUT2D eigenvalue weighted by Gasteiger charge is 2.41. The zero-order valence-corrected chi connectivity index (χ0v) is 49.5. The third-order valence-electron chi connectivity index (χ3n) is 12.5. The fraction of sp³-hybridized carbons (Fsp3) is 0.357. The van der Waals surface area contributed by atoms with E-state index in [9.17, 15) is 0 Å². The number of rotatable bonds is 24. The Kier molecular flexibility index (Phi) is 20.1. The fourth-order valence-electron chi connectivity index (χ4n) is 9.03. The second-order valence-corrected chi connectivity index (χ2v) is 33.6. The van der Waals surface area contributed by atoms with E-state index in [-0.39, 0.29) is 26.8 Å². The molecule has 0 spiro atoms. The largest absolute Gasteiger partial charge is 0.496 e. The normalized spacial score (nSPS) is 12.2. The first kappa shape index (κ1) is 60.7. The Morgan fingerprint density at radius 3 is 0.792 bits per heavy atom. The van der Waals surface area contributed by atoms with Crippen LogP contribution in [0.1, 0.15) is 22.3 Å². The molecule has 0 aromatic heterocycles. The summed E-state index contributed by atoms with van der Waals surface area (Å²) >= 11 is 0. The van der Waals surface area contributed by atoms with Gasteiger partial charge in [-0.1, -0.05) is 86.1 Å². The Morgan fingerprint density at radius 2 is 0.597 bits per heavy atom. The van der Waals surface area contributed by atoms with Crippen molar-refractivity contribution >= 4 is 74.2 Å². The maximum absolute atomic E-state index is 15.2. The highest BCUT2D eigenvalue weighted by atomic mass is 31.1. The lowest BCUT2D eigenvalue weighted by molar-refractivity contribution is -0.139. The summed E-state index contributed by atoms with van der Waals surface area (Å²) in [5, 5.41) is 3.54. The smallest absolute Gasteiger partial charge is 0.416 e. The summed E-state index contributed by atoms with van der Waals surface area (Å²) in [7, 11) is 2.41. The van der Waals surface area contributed by atoms with Gasteiger partial charge in [0.25, 0.3) is 0 Å². The summed E-state index contributed by atoms with van der Waals surface area (Å²) in [6, 6.07) is 25.4. The molecule has 0 atom stereocenters. The third-order valence-corrected chi connectivity index (χ3v) is 22.0. The average Bonchev–Trinajstić information content (AvgIpc) is 3.39. The fourth-order valence-corrected chi connectivity index (χ4v) is 18.6. The van der Waals surface area contributed by atoms with E-state index < -0.39 is 55.5 Å². The van der Waals surface area contributed by atoms with Gasteiger partial charge >= 0.3 is 12.4 Å². The minimum Gasteiger partial charge on any atom is -0.496 e. The van der Waals surface area contributed by atoms with Crippen LogP contribution in [-0.4, -0.2) is 86.6 Å². The van der Waals surface area contributed by atoms with Crippen LogP contribution in [0.15, 0.2) is 97.1 Å². The molecule has 11 nitrogen and oxygen atoms in total. The van der Waals surface area contributed by atoms with Crippen molar-refractivity contribution in [2.75, 3.05) is 70.5 Å². The molecule has 0 radical (unpaired) electrons. The van der Waals surface area contributed by atoms with Gasteiger partial charge in [-0.3, -0.25) is 0 Å². The first-order valence-electron chi connectivity index (χ1n) is 24.1. The molecule has 0 saturated heterocycles. The van der Waals surface area contributed by atoms with Crippen LogP contribution in [-0.2, 0) is 39.8 Å². The summed E-state index contributed by atoms with van der Waals surface area (Å²) in [6.07, 6.45) is -9.47. The summed E-state index contributed by atoms with van der Waals surface area (Å²) in [5.41, 5.74) is -0.665. The maximum Gasteiger partial charge on any atom is 0.416 e. The maximum atomic E-state index is 15.2. The molecular weight excluding hydrogens is 1080 g/mol. The number of hydrogen-bond acceptors (Lipinski definition) is 11. The minimum absolute atomic E-state index is 0.199. The first-order valence-corrected chi connectivity index (χ1v) is 33.8. The second kappa shape index (κ2) is 25.5. The van der Waals surface area contributed by atoms with Crippen LogP contribution >= 0.6 is 15.8 Å². The molecule has 0 unspecified atom stereocenters. The van der Waals surface area contributed by atoms with Crippen LogP contribution in [0.5, 0.6) is 46.0 Å². The van der Waals surface area contributed by atoms with Crippen molar-refractivity contribution in [3.05, 3.63) is 119 Å². The highest BCUT2D eigenvalue weighted by molar-refractivity contribution is 7.81. The lowest BCUT2D eigenvalue weighted by atomic mass is 10.1. The Morgan fingerprint density at radius 1 is 0.364 bits per heavy atom. The van der Waals surface area contributed by atoms with Gasteiger partial charge in [-0.25, -0.2) is 0 Å². The van der Waals surface area contributed by atoms with E-state index in [1.54, 1.807) is 72.8 Å². The van der Waals surface area contributed by atoms with Crippen molar-refractivity contribution < 1.29 is 78.4 Å². The van der Waals surface area contributed by atoms with Crippen LogP contribution in [0, 0.1) is 0 Å². The zero-order valence-electron chi connectivity index (χ0n) is 45.7. The van der Waals surface area contributed by atoms with E-state index in [1.165, 1.54) is 69.0 Å². The minimum atomic E-state index is -4.73. The molecule has 6 rings (SSSR count). The van der Waals surface area contributed by atoms with Gasteiger partial charge in [0.05, 0.1) is 119 Å². The Hall–Kier alpha value is -5.53. The van der Waals surface area contributed by atoms with Crippen molar-refractivity contribution in [3.8, 4) is 46.0 Å². The Balaban J connectivity index is 1.45. The predicted molar refractivity (Wildman–Crippen MR) is 299 cm³/mol. The molecule has 6 aromatic rings. The second-order valence-electron chi connectivity index (χ2n) is 19.4. The summed E-state index contributed by atoms with van der Waals surface area (Å²) < 4.78 is 157. The van der Waals surface area contributed by atoms with E-state index in [1.807, 2.05) is 39.3 Å². The van der Waals surface area contributed by atoms with E-state index in [0.29, 0.717) is 99.3 Å². The first-order chi connectivity index (χ1) is 36.4. The number of methoxy groups -OCH3 is 8.